The number of piperidine rings is 1. The van der Waals surface area contributed by atoms with E-state index in [1.54, 1.807) is 29.2 Å². The quantitative estimate of drug-likeness (QED) is 0.794. The molecule has 3 amide bonds. The van der Waals surface area contributed by atoms with E-state index < -0.39 is 0 Å². The summed E-state index contributed by atoms with van der Waals surface area (Å²) in [6, 6.07) is 16.5. The van der Waals surface area contributed by atoms with Crippen LogP contribution >= 0.6 is 11.8 Å². The van der Waals surface area contributed by atoms with E-state index >= 15 is 0 Å². The minimum Gasteiger partial charge on any atom is -0.324 e. The number of rotatable bonds is 2. The molecule has 2 saturated heterocycles. The van der Waals surface area contributed by atoms with E-state index in [9.17, 15) is 9.59 Å². The first-order valence-electron chi connectivity index (χ1n) is 10.1. The summed E-state index contributed by atoms with van der Waals surface area (Å²) >= 11 is 1.84. The molecular weight excluding hydrogens is 396 g/mol. The van der Waals surface area contributed by atoms with Crippen molar-refractivity contribution >= 4 is 29.4 Å². The van der Waals surface area contributed by atoms with Gasteiger partial charge in [-0.2, -0.15) is 5.26 Å². The zero-order valence-electron chi connectivity index (χ0n) is 16.9. The van der Waals surface area contributed by atoms with Gasteiger partial charge in [0.1, 0.15) is 0 Å². The van der Waals surface area contributed by atoms with Crippen molar-refractivity contribution in [2.45, 2.75) is 24.6 Å². The average molecular weight is 421 g/mol. The van der Waals surface area contributed by atoms with Crippen LogP contribution in [0, 0.1) is 18.3 Å². The van der Waals surface area contributed by atoms with E-state index in [1.807, 2.05) is 47.9 Å². The molecule has 0 unspecified atom stereocenters. The molecular formula is C23H24N4O2S. The van der Waals surface area contributed by atoms with Gasteiger partial charge in [0.25, 0.3) is 5.91 Å². The Morgan fingerprint density at radius 2 is 1.77 bits per heavy atom. The minimum absolute atomic E-state index is 0.0913. The maximum absolute atomic E-state index is 13.2. The molecule has 2 aromatic rings. The summed E-state index contributed by atoms with van der Waals surface area (Å²) in [5.41, 5.74) is 2.99. The van der Waals surface area contributed by atoms with Crippen LogP contribution in [-0.2, 0) is 0 Å². The number of anilines is 1. The number of hydrogen-bond acceptors (Lipinski definition) is 4. The summed E-state index contributed by atoms with van der Waals surface area (Å²) in [7, 11) is 0. The molecule has 2 fully saturated rings. The van der Waals surface area contributed by atoms with Gasteiger partial charge in [0, 0.05) is 36.6 Å². The number of benzene rings is 2. The number of carbonyl (C=O) groups excluding carboxylic acids is 2. The Labute approximate surface area is 180 Å². The van der Waals surface area contributed by atoms with Crippen molar-refractivity contribution in [2.75, 3.05) is 30.7 Å². The van der Waals surface area contributed by atoms with Gasteiger partial charge < -0.3 is 15.1 Å². The van der Waals surface area contributed by atoms with E-state index in [4.69, 9.17) is 5.26 Å². The Balaban J connectivity index is 1.41. The van der Waals surface area contributed by atoms with Crippen molar-refractivity contribution in [3.8, 4) is 6.07 Å². The topological polar surface area (TPSA) is 76.4 Å². The standard InChI is InChI=1S/C23H24N4O2S/c1-17-4-2-3-5-20(17)21(28)27-14-15-30-23(27)10-12-26(13-11-23)22(29)25-19-8-6-18(16-24)7-9-19/h2-9H,10-15H2,1H3,(H,25,29). The lowest BCUT2D eigenvalue weighted by Gasteiger charge is -2.44. The molecule has 2 aromatic carbocycles. The van der Waals surface area contributed by atoms with Crippen LogP contribution in [0.1, 0.15) is 34.3 Å². The fourth-order valence-electron chi connectivity index (χ4n) is 4.16. The summed E-state index contributed by atoms with van der Waals surface area (Å²) in [5, 5.41) is 11.8. The molecule has 0 aliphatic carbocycles. The Morgan fingerprint density at radius 3 is 2.43 bits per heavy atom. The summed E-state index contributed by atoms with van der Waals surface area (Å²) in [6.07, 6.45) is 1.52. The lowest BCUT2D eigenvalue weighted by Crippen LogP contribution is -2.54. The van der Waals surface area contributed by atoms with Crippen molar-refractivity contribution in [2.24, 2.45) is 0 Å². The largest absolute Gasteiger partial charge is 0.324 e. The van der Waals surface area contributed by atoms with Gasteiger partial charge >= 0.3 is 6.03 Å². The van der Waals surface area contributed by atoms with Crippen LogP contribution in [0.2, 0.25) is 0 Å². The monoisotopic (exact) mass is 420 g/mol. The van der Waals surface area contributed by atoms with Crippen LogP contribution in [0.3, 0.4) is 0 Å². The zero-order valence-corrected chi connectivity index (χ0v) is 17.7. The van der Waals surface area contributed by atoms with Crippen LogP contribution < -0.4 is 5.32 Å². The molecule has 0 saturated carbocycles. The molecule has 7 heteroatoms. The number of thioether (sulfide) groups is 1. The number of amides is 3. The number of nitrogens with zero attached hydrogens (tertiary/aromatic N) is 3. The second kappa shape index (κ2) is 8.41. The minimum atomic E-state index is -0.232. The summed E-state index contributed by atoms with van der Waals surface area (Å²) in [5.74, 6) is 1.02. The molecule has 0 radical (unpaired) electrons. The third-order valence-electron chi connectivity index (χ3n) is 5.90. The summed E-state index contributed by atoms with van der Waals surface area (Å²) in [6.45, 7) is 3.92. The highest BCUT2D eigenvalue weighted by Gasteiger charge is 2.47. The van der Waals surface area contributed by atoms with Gasteiger partial charge in [0.05, 0.1) is 16.5 Å². The van der Waals surface area contributed by atoms with E-state index in [1.165, 1.54) is 0 Å². The van der Waals surface area contributed by atoms with Crippen LogP contribution in [0.4, 0.5) is 10.5 Å². The van der Waals surface area contributed by atoms with E-state index in [-0.39, 0.29) is 16.8 Å². The molecule has 0 bridgehead atoms. The highest BCUT2D eigenvalue weighted by atomic mass is 32.2. The third-order valence-corrected chi connectivity index (χ3v) is 7.45. The number of nitrogens with one attached hydrogen (secondary N) is 1. The van der Waals surface area contributed by atoms with Gasteiger partial charge in [0.2, 0.25) is 0 Å². The fourth-order valence-corrected chi connectivity index (χ4v) is 5.61. The number of carbonyl (C=O) groups is 2. The third kappa shape index (κ3) is 3.88. The molecule has 2 aliphatic heterocycles. The molecule has 0 atom stereocenters. The fraction of sp³-hybridized carbons (Fsp3) is 0.348. The Morgan fingerprint density at radius 1 is 1.07 bits per heavy atom. The van der Waals surface area contributed by atoms with Gasteiger partial charge in [-0.1, -0.05) is 18.2 Å². The van der Waals surface area contributed by atoms with Gasteiger partial charge in [-0.15, -0.1) is 11.8 Å². The van der Waals surface area contributed by atoms with Crippen molar-refractivity contribution < 1.29 is 9.59 Å². The van der Waals surface area contributed by atoms with Crippen LogP contribution in [0.25, 0.3) is 0 Å². The molecule has 6 nitrogen and oxygen atoms in total. The molecule has 1 N–H and O–H groups in total. The Bertz CT molecular complexity index is 991. The lowest BCUT2D eigenvalue weighted by atomic mass is 10.00. The maximum Gasteiger partial charge on any atom is 0.321 e. The highest BCUT2D eigenvalue weighted by Crippen LogP contribution is 2.44. The maximum atomic E-state index is 13.2. The van der Waals surface area contributed by atoms with Crippen molar-refractivity contribution in [1.82, 2.24) is 9.80 Å². The predicted molar refractivity (Wildman–Crippen MR) is 118 cm³/mol. The number of hydrogen-bond donors (Lipinski definition) is 1. The van der Waals surface area contributed by atoms with Gasteiger partial charge in [-0.05, 0) is 55.7 Å². The van der Waals surface area contributed by atoms with Crippen LogP contribution in [-0.4, -0.2) is 52.0 Å². The van der Waals surface area contributed by atoms with Crippen LogP contribution in [0.5, 0.6) is 0 Å². The number of likely N-dealkylation sites (tertiary alicyclic amines) is 1. The number of urea groups is 1. The normalized spacial score (nSPS) is 17.6. The van der Waals surface area contributed by atoms with Gasteiger partial charge in [-0.25, -0.2) is 4.79 Å². The van der Waals surface area contributed by atoms with Gasteiger partial charge in [-0.3, -0.25) is 4.79 Å². The zero-order chi connectivity index (χ0) is 21.1. The van der Waals surface area contributed by atoms with Crippen LogP contribution in [0.15, 0.2) is 48.5 Å². The summed E-state index contributed by atoms with van der Waals surface area (Å²) in [4.78, 5) is 29.5. The average Bonchev–Trinajstić information content (AvgIpc) is 3.17. The predicted octanol–water partition coefficient (Wildman–Crippen LogP) is 4.08. The Hall–Kier alpha value is -2.98. The molecule has 0 aromatic heterocycles. The first kappa shape index (κ1) is 20.3. The molecule has 1 spiro atoms. The molecule has 30 heavy (non-hydrogen) atoms. The molecule has 2 heterocycles. The first-order chi connectivity index (χ1) is 14.5. The van der Waals surface area contributed by atoms with E-state index in [0.29, 0.717) is 24.3 Å². The number of aryl methyl sites for hydroxylation is 1. The smallest absolute Gasteiger partial charge is 0.321 e. The van der Waals surface area contributed by atoms with Crippen molar-refractivity contribution in [1.29, 1.82) is 5.26 Å². The molecule has 154 valence electrons. The number of nitriles is 1. The van der Waals surface area contributed by atoms with Gasteiger partial charge in [0.15, 0.2) is 0 Å². The second-order valence-electron chi connectivity index (χ2n) is 7.67. The summed E-state index contributed by atoms with van der Waals surface area (Å²) < 4.78 is 0. The van der Waals surface area contributed by atoms with Crippen molar-refractivity contribution in [3.63, 3.8) is 0 Å². The molecule has 4 rings (SSSR count). The van der Waals surface area contributed by atoms with E-state index in [2.05, 4.69) is 11.4 Å². The first-order valence-corrected chi connectivity index (χ1v) is 11.1. The SMILES string of the molecule is Cc1ccccc1C(=O)N1CCSC12CCN(C(=O)Nc1ccc(C#N)cc1)CC2. The lowest BCUT2D eigenvalue weighted by molar-refractivity contribution is 0.0585. The second-order valence-corrected chi connectivity index (χ2v) is 9.13. The van der Waals surface area contributed by atoms with Crippen molar-refractivity contribution in [3.05, 3.63) is 65.2 Å². The molecule has 2 aliphatic rings. The van der Waals surface area contributed by atoms with E-state index in [0.717, 1.165) is 36.3 Å². The Kier molecular flexibility index (Phi) is 5.69. The highest BCUT2D eigenvalue weighted by molar-refractivity contribution is 8.00.